The molecular formula is C13H23N3O2S. The Morgan fingerprint density at radius 1 is 1.26 bits per heavy atom. The monoisotopic (exact) mass is 285 g/mol. The fraction of sp³-hybridized carbons (Fsp3) is 0.538. The molecule has 0 aliphatic heterocycles. The largest absolute Gasteiger partial charge is 0.399 e. The Kier molecular flexibility index (Phi) is 6.27. The number of nitrogens with zero attached hydrogens (tertiary/aromatic N) is 1. The molecule has 0 saturated heterocycles. The van der Waals surface area contributed by atoms with Gasteiger partial charge in [-0.2, -0.15) is 12.7 Å². The number of anilines is 1. The second-order valence-electron chi connectivity index (χ2n) is 4.57. The molecule has 108 valence electrons. The predicted molar refractivity (Wildman–Crippen MR) is 79.0 cm³/mol. The van der Waals surface area contributed by atoms with Crippen molar-refractivity contribution in [1.29, 1.82) is 0 Å². The van der Waals surface area contributed by atoms with Crippen molar-refractivity contribution < 1.29 is 8.42 Å². The molecule has 19 heavy (non-hydrogen) atoms. The molecule has 5 nitrogen and oxygen atoms in total. The van der Waals surface area contributed by atoms with E-state index in [0.717, 1.165) is 18.4 Å². The molecule has 0 amide bonds. The average Bonchev–Trinajstić information content (AvgIpc) is 2.38. The first-order valence-electron chi connectivity index (χ1n) is 6.51. The molecule has 0 spiro atoms. The molecular weight excluding hydrogens is 262 g/mol. The van der Waals surface area contributed by atoms with Crippen LogP contribution in [-0.2, 0) is 16.6 Å². The van der Waals surface area contributed by atoms with Gasteiger partial charge in [0, 0.05) is 25.8 Å². The van der Waals surface area contributed by atoms with E-state index in [2.05, 4.69) is 4.72 Å². The van der Waals surface area contributed by atoms with E-state index in [1.54, 1.807) is 7.05 Å². The number of hydrogen-bond donors (Lipinski definition) is 2. The van der Waals surface area contributed by atoms with Gasteiger partial charge in [0.1, 0.15) is 0 Å². The predicted octanol–water partition coefficient (Wildman–Crippen LogP) is 1.38. The van der Waals surface area contributed by atoms with Crippen LogP contribution in [0.4, 0.5) is 5.69 Å². The van der Waals surface area contributed by atoms with Gasteiger partial charge in [-0.3, -0.25) is 0 Å². The quantitative estimate of drug-likeness (QED) is 0.709. The number of benzene rings is 1. The van der Waals surface area contributed by atoms with Gasteiger partial charge in [-0.1, -0.05) is 25.5 Å². The minimum Gasteiger partial charge on any atom is -0.399 e. The van der Waals surface area contributed by atoms with Gasteiger partial charge in [-0.15, -0.1) is 0 Å². The van der Waals surface area contributed by atoms with Gasteiger partial charge in [0.2, 0.25) is 0 Å². The highest BCUT2D eigenvalue weighted by Gasteiger charge is 2.15. The van der Waals surface area contributed by atoms with E-state index >= 15 is 0 Å². The third-order valence-corrected chi connectivity index (χ3v) is 4.49. The Bertz CT molecular complexity index is 471. The Morgan fingerprint density at radius 3 is 2.47 bits per heavy atom. The number of nitrogens with two attached hydrogens (primary N) is 1. The van der Waals surface area contributed by atoms with Gasteiger partial charge in [-0.05, 0) is 30.5 Å². The zero-order chi connectivity index (χ0) is 14.3. The molecule has 3 N–H and O–H groups in total. The van der Waals surface area contributed by atoms with Crippen molar-refractivity contribution in [3.63, 3.8) is 0 Å². The molecule has 0 radical (unpaired) electrons. The van der Waals surface area contributed by atoms with Gasteiger partial charge in [0.25, 0.3) is 10.2 Å². The molecule has 0 saturated carbocycles. The first-order chi connectivity index (χ1) is 8.95. The van der Waals surface area contributed by atoms with E-state index in [-0.39, 0.29) is 0 Å². The number of hydrogen-bond acceptors (Lipinski definition) is 3. The van der Waals surface area contributed by atoms with Gasteiger partial charge in [0.05, 0.1) is 0 Å². The lowest BCUT2D eigenvalue weighted by Gasteiger charge is -2.17. The van der Waals surface area contributed by atoms with Crippen LogP contribution >= 0.6 is 0 Å². The summed E-state index contributed by atoms with van der Waals surface area (Å²) in [5.74, 6) is 0. The van der Waals surface area contributed by atoms with Crippen molar-refractivity contribution in [2.24, 2.45) is 0 Å². The molecule has 1 aromatic rings. The lowest BCUT2D eigenvalue weighted by molar-refractivity contribution is 0.449. The minimum absolute atomic E-state index is 0.392. The van der Waals surface area contributed by atoms with Crippen LogP contribution in [0.3, 0.4) is 0 Å². The lowest BCUT2D eigenvalue weighted by Crippen LogP contribution is -2.39. The van der Waals surface area contributed by atoms with Crippen LogP contribution in [0.25, 0.3) is 0 Å². The molecule has 0 aromatic heterocycles. The summed E-state index contributed by atoms with van der Waals surface area (Å²) in [6.07, 6.45) is 2.50. The summed E-state index contributed by atoms with van der Waals surface area (Å²) < 4.78 is 27.7. The van der Waals surface area contributed by atoms with Gasteiger partial charge >= 0.3 is 0 Å². The maximum absolute atomic E-state index is 11.9. The molecule has 0 bridgehead atoms. The highest BCUT2D eigenvalue weighted by molar-refractivity contribution is 7.87. The van der Waals surface area contributed by atoms with Crippen molar-refractivity contribution in [2.45, 2.75) is 26.2 Å². The average molecular weight is 285 g/mol. The third kappa shape index (κ3) is 5.59. The fourth-order valence-electron chi connectivity index (χ4n) is 1.62. The summed E-state index contributed by atoms with van der Waals surface area (Å²) in [6, 6.07) is 7.45. The van der Waals surface area contributed by atoms with Crippen LogP contribution in [0.2, 0.25) is 0 Å². The van der Waals surface area contributed by atoms with Crippen LogP contribution in [-0.4, -0.2) is 32.9 Å². The second kappa shape index (κ2) is 7.47. The summed E-state index contributed by atoms with van der Waals surface area (Å²) in [5, 5.41) is 0. The molecule has 1 aromatic carbocycles. The van der Waals surface area contributed by atoms with E-state index < -0.39 is 10.2 Å². The zero-order valence-corrected chi connectivity index (χ0v) is 12.4. The van der Waals surface area contributed by atoms with E-state index in [1.807, 2.05) is 31.2 Å². The molecule has 0 aliphatic rings. The Balaban J connectivity index is 2.41. The van der Waals surface area contributed by atoms with E-state index in [4.69, 9.17) is 5.73 Å². The third-order valence-electron chi connectivity index (χ3n) is 2.91. The summed E-state index contributed by atoms with van der Waals surface area (Å²) in [6.45, 7) is 2.98. The summed E-state index contributed by atoms with van der Waals surface area (Å²) >= 11 is 0. The summed E-state index contributed by atoms with van der Waals surface area (Å²) in [7, 11) is -1.75. The van der Waals surface area contributed by atoms with Crippen molar-refractivity contribution in [3.8, 4) is 0 Å². The van der Waals surface area contributed by atoms with E-state index in [1.165, 1.54) is 4.31 Å². The van der Waals surface area contributed by atoms with Gasteiger partial charge < -0.3 is 5.73 Å². The standard InChI is InChI=1S/C13H23N3O2S/c1-3-4-11-16(2)19(17,18)15-10-9-12-5-7-13(14)8-6-12/h5-8,15H,3-4,9-11,14H2,1-2H3. The van der Waals surface area contributed by atoms with Crippen LogP contribution in [0.15, 0.2) is 24.3 Å². The number of nitrogen functional groups attached to an aromatic ring is 1. The molecule has 1 rings (SSSR count). The molecule has 6 heteroatoms. The number of nitrogens with one attached hydrogen (secondary N) is 1. The maximum atomic E-state index is 11.9. The molecule has 0 atom stereocenters. The SMILES string of the molecule is CCCCN(C)S(=O)(=O)NCCc1ccc(N)cc1. The minimum atomic E-state index is -3.35. The summed E-state index contributed by atoms with van der Waals surface area (Å²) in [5.41, 5.74) is 7.37. The zero-order valence-electron chi connectivity index (χ0n) is 11.6. The fourth-order valence-corrected chi connectivity index (χ4v) is 2.57. The van der Waals surface area contributed by atoms with Crippen molar-refractivity contribution in [3.05, 3.63) is 29.8 Å². The van der Waals surface area contributed by atoms with E-state index in [9.17, 15) is 8.42 Å². The lowest BCUT2D eigenvalue weighted by atomic mass is 10.1. The van der Waals surface area contributed by atoms with Crippen LogP contribution in [0.5, 0.6) is 0 Å². The topological polar surface area (TPSA) is 75.4 Å². The van der Waals surface area contributed by atoms with Crippen molar-refractivity contribution in [2.75, 3.05) is 25.9 Å². The van der Waals surface area contributed by atoms with Gasteiger partial charge in [0.15, 0.2) is 0 Å². The van der Waals surface area contributed by atoms with Gasteiger partial charge in [-0.25, -0.2) is 4.72 Å². The normalized spacial score (nSPS) is 11.9. The Hall–Kier alpha value is -1.11. The molecule has 0 fully saturated rings. The second-order valence-corrected chi connectivity index (χ2v) is 6.43. The molecule has 0 heterocycles. The first kappa shape index (κ1) is 15.9. The van der Waals surface area contributed by atoms with Crippen molar-refractivity contribution >= 4 is 15.9 Å². The summed E-state index contributed by atoms with van der Waals surface area (Å²) in [4.78, 5) is 0. The molecule has 0 unspecified atom stereocenters. The highest BCUT2D eigenvalue weighted by atomic mass is 32.2. The highest BCUT2D eigenvalue weighted by Crippen LogP contribution is 2.06. The first-order valence-corrected chi connectivity index (χ1v) is 7.95. The smallest absolute Gasteiger partial charge is 0.279 e. The van der Waals surface area contributed by atoms with Crippen molar-refractivity contribution in [1.82, 2.24) is 9.03 Å². The Labute approximate surface area is 116 Å². The maximum Gasteiger partial charge on any atom is 0.279 e. The molecule has 0 aliphatic carbocycles. The van der Waals surface area contributed by atoms with Crippen LogP contribution < -0.4 is 10.5 Å². The number of unbranched alkanes of at least 4 members (excludes halogenated alkanes) is 1. The van der Waals surface area contributed by atoms with Crippen LogP contribution in [0, 0.1) is 0 Å². The Morgan fingerprint density at radius 2 is 1.89 bits per heavy atom. The van der Waals surface area contributed by atoms with E-state index in [0.29, 0.717) is 25.2 Å². The van der Waals surface area contributed by atoms with Crippen LogP contribution in [0.1, 0.15) is 25.3 Å². The number of rotatable bonds is 8.